The molecule has 202 valence electrons. The lowest BCUT2D eigenvalue weighted by atomic mass is 9.80. The van der Waals surface area contributed by atoms with Gasteiger partial charge in [0.1, 0.15) is 5.75 Å². The third-order valence-electron chi connectivity index (χ3n) is 6.86. The van der Waals surface area contributed by atoms with Gasteiger partial charge in [-0.3, -0.25) is 4.31 Å². The monoisotopic (exact) mass is 537 g/mol. The fourth-order valence-corrected chi connectivity index (χ4v) is 6.18. The van der Waals surface area contributed by atoms with Crippen molar-refractivity contribution in [2.24, 2.45) is 0 Å². The Kier molecular flexibility index (Phi) is 7.10. The minimum atomic E-state index is -3.72. The van der Waals surface area contributed by atoms with E-state index in [2.05, 4.69) is 0 Å². The highest BCUT2D eigenvalue weighted by atomic mass is 32.2. The summed E-state index contributed by atoms with van der Waals surface area (Å²) in [7, 11) is -2.14. The molecule has 4 rings (SSSR count). The SMILES string of the molecule is COc1ccc2c(c1)CN(S(C)(=O)=O)c1c(C)c([C@H](OC(C)(C)C)C(=O)O)c(-c3ccc(C)cc3)c(C)c1-2. The number of anilines is 1. The predicted octanol–water partition coefficient (Wildman–Crippen LogP) is 6.17. The number of carboxylic acids is 1. The first-order valence-electron chi connectivity index (χ1n) is 12.4. The molecular formula is C30H35NO6S. The first kappa shape index (κ1) is 27.7. The van der Waals surface area contributed by atoms with E-state index in [9.17, 15) is 18.3 Å². The van der Waals surface area contributed by atoms with Gasteiger partial charge in [0.2, 0.25) is 10.0 Å². The molecule has 0 radical (unpaired) electrons. The molecular weight excluding hydrogens is 502 g/mol. The molecule has 1 atom stereocenters. The van der Waals surface area contributed by atoms with Crippen molar-refractivity contribution in [3.05, 3.63) is 70.3 Å². The van der Waals surface area contributed by atoms with Gasteiger partial charge in [-0.15, -0.1) is 0 Å². The second kappa shape index (κ2) is 9.75. The molecule has 0 aromatic heterocycles. The number of methoxy groups -OCH3 is 1. The fourth-order valence-electron chi connectivity index (χ4n) is 5.24. The van der Waals surface area contributed by atoms with Crippen LogP contribution in [0.2, 0.25) is 0 Å². The molecule has 0 saturated heterocycles. The van der Waals surface area contributed by atoms with Gasteiger partial charge in [0.25, 0.3) is 0 Å². The van der Waals surface area contributed by atoms with Crippen LogP contribution in [0.4, 0.5) is 5.69 Å². The molecule has 0 amide bonds. The Morgan fingerprint density at radius 3 is 2.16 bits per heavy atom. The second-order valence-electron chi connectivity index (χ2n) is 10.9. The van der Waals surface area contributed by atoms with Crippen molar-refractivity contribution in [2.75, 3.05) is 17.7 Å². The van der Waals surface area contributed by atoms with Gasteiger partial charge in [-0.1, -0.05) is 35.9 Å². The fraction of sp³-hybridized carbons (Fsp3) is 0.367. The molecule has 0 bridgehead atoms. The third-order valence-corrected chi connectivity index (χ3v) is 7.97. The number of carbonyl (C=O) groups is 1. The zero-order valence-electron chi connectivity index (χ0n) is 23.2. The lowest BCUT2D eigenvalue weighted by Crippen LogP contribution is -2.34. The highest BCUT2D eigenvalue weighted by Crippen LogP contribution is 2.51. The highest BCUT2D eigenvalue weighted by molar-refractivity contribution is 7.92. The maximum atomic E-state index is 13.2. The molecule has 3 aromatic rings. The average Bonchev–Trinajstić information content (AvgIpc) is 2.82. The Bertz CT molecular complexity index is 1520. The average molecular weight is 538 g/mol. The Labute approximate surface area is 225 Å². The standard InChI is InChI=1S/C30H35NO6S/c1-17-9-11-20(12-10-17)24-18(2)25-23-14-13-22(36-7)15-21(23)16-31(38(8,34)35)27(25)19(3)26(24)28(29(32)33)37-30(4,5)6/h9-15,28H,16H2,1-8H3,(H,32,33)/t28-/m0/s1. The predicted molar refractivity (Wildman–Crippen MR) is 150 cm³/mol. The van der Waals surface area contributed by atoms with E-state index in [0.29, 0.717) is 22.6 Å². The normalized spacial score (nSPS) is 14.1. The highest BCUT2D eigenvalue weighted by Gasteiger charge is 2.38. The number of hydrogen-bond acceptors (Lipinski definition) is 5. The molecule has 7 nitrogen and oxygen atoms in total. The number of fused-ring (bicyclic) bond motifs is 3. The van der Waals surface area contributed by atoms with E-state index in [4.69, 9.17) is 9.47 Å². The van der Waals surface area contributed by atoms with Crippen LogP contribution in [0.3, 0.4) is 0 Å². The summed E-state index contributed by atoms with van der Waals surface area (Å²) in [5.74, 6) is -0.502. The van der Waals surface area contributed by atoms with Crippen molar-refractivity contribution in [3.63, 3.8) is 0 Å². The first-order chi connectivity index (χ1) is 17.6. The van der Waals surface area contributed by atoms with Crippen LogP contribution < -0.4 is 9.04 Å². The summed E-state index contributed by atoms with van der Waals surface area (Å²) < 4.78 is 39.2. The first-order valence-corrected chi connectivity index (χ1v) is 14.3. The van der Waals surface area contributed by atoms with Crippen molar-refractivity contribution in [2.45, 2.75) is 59.8 Å². The largest absolute Gasteiger partial charge is 0.497 e. The summed E-state index contributed by atoms with van der Waals surface area (Å²) in [6, 6.07) is 13.6. The minimum Gasteiger partial charge on any atom is -0.497 e. The lowest BCUT2D eigenvalue weighted by molar-refractivity contribution is -0.160. The second-order valence-corrected chi connectivity index (χ2v) is 12.8. The van der Waals surface area contributed by atoms with E-state index in [1.54, 1.807) is 14.0 Å². The zero-order chi connectivity index (χ0) is 28.2. The quantitative estimate of drug-likeness (QED) is 0.404. The molecule has 0 fully saturated rings. The summed E-state index contributed by atoms with van der Waals surface area (Å²) in [5, 5.41) is 10.4. The Hall–Kier alpha value is -3.36. The van der Waals surface area contributed by atoms with Gasteiger partial charge in [0.15, 0.2) is 6.10 Å². The van der Waals surface area contributed by atoms with Crippen LogP contribution in [0.5, 0.6) is 5.75 Å². The summed E-state index contributed by atoms with van der Waals surface area (Å²) >= 11 is 0. The molecule has 1 N–H and O–H groups in total. The van der Waals surface area contributed by atoms with Gasteiger partial charge in [-0.25, -0.2) is 13.2 Å². The van der Waals surface area contributed by atoms with E-state index < -0.39 is 27.7 Å². The number of sulfonamides is 1. The number of rotatable bonds is 6. The molecule has 0 unspecified atom stereocenters. The van der Waals surface area contributed by atoms with E-state index >= 15 is 0 Å². The molecule has 3 aromatic carbocycles. The van der Waals surface area contributed by atoms with Crippen LogP contribution in [0, 0.1) is 20.8 Å². The molecule has 0 saturated carbocycles. The van der Waals surface area contributed by atoms with Crippen molar-refractivity contribution >= 4 is 21.7 Å². The van der Waals surface area contributed by atoms with E-state index in [1.807, 2.05) is 77.1 Å². The molecule has 0 aliphatic carbocycles. The number of ether oxygens (including phenoxy) is 2. The van der Waals surface area contributed by atoms with Crippen LogP contribution in [0.15, 0.2) is 42.5 Å². The minimum absolute atomic E-state index is 0.111. The lowest BCUT2D eigenvalue weighted by Gasteiger charge is -2.37. The molecule has 0 spiro atoms. The molecule has 1 heterocycles. The van der Waals surface area contributed by atoms with Gasteiger partial charge in [0, 0.05) is 11.1 Å². The summed E-state index contributed by atoms with van der Waals surface area (Å²) in [5.41, 5.74) is 6.63. The van der Waals surface area contributed by atoms with Crippen molar-refractivity contribution in [1.82, 2.24) is 0 Å². The maximum absolute atomic E-state index is 13.2. The van der Waals surface area contributed by atoms with Crippen molar-refractivity contribution in [1.29, 1.82) is 0 Å². The summed E-state index contributed by atoms with van der Waals surface area (Å²) in [6.45, 7) is 11.2. The Balaban J connectivity index is 2.20. The van der Waals surface area contributed by atoms with Crippen LogP contribution in [0.1, 0.15) is 54.7 Å². The van der Waals surface area contributed by atoms with Crippen LogP contribution in [-0.4, -0.2) is 38.5 Å². The van der Waals surface area contributed by atoms with Crippen LogP contribution >= 0.6 is 0 Å². The van der Waals surface area contributed by atoms with Gasteiger partial charge in [-0.05, 0) is 87.1 Å². The number of carboxylic acid groups (broad SMARTS) is 1. The van der Waals surface area contributed by atoms with Crippen molar-refractivity contribution < 1.29 is 27.8 Å². The third kappa shape index (κ3) is 5.02. The van der Waals surface area contributed by atoms with E-state index in [1.165, 1.54) is 10.6 Å². The Morgan fingerprint density at radius 2 is 1.63 bits per heavy atom. The van der Waals surface area contributed by atoms with E-state index in [0.717, 1.165) is 38.9 Å². The number of nitrogens with zero attached hydrogens (tertiary/aromatic N) is 1. The number of benzene rings is 3. The zero-order valence-corrected chi connectivity index (χ0v) is 24.0. The molecule has 1 aliphatic rings. The maximum Gasteiger partial charge on any atom is 0.337 e. The topological polar surface area (TPSA) is 93.1 Å². The van der Waals surface area contributed by atoms with Gasteiger partial charge < -0.3 is 14.6 Å². The van der Waals surface area contributed by atoms with Crippen molar-refractivity contribution in [3.8, 4) is 28.0 Å². The molecule has 8 heteroatoms. The van der Waals surface area contributed by atoms with Crippen LogP contribution in [0.25, 0.3) is 22.3 Å². The van der Waals surface area contributed by atoms with Gasteiger partial charge >= 0.3 is 5.97 Å². The smallest absolute Gasteiger partial charge is 0.337 e. The van der Waals surface area contributed by atoms with Gasteiger partial charge in [0.05, 0.1) is 31.2 Å². The summed E-state index contributed by atoms with van der Waals surface area (Å²) in [6.07, 6.45) is -0.140. The number of hydrogen-bond donors (Lipinski definition) is 1. The molecule has 38 heavy (non-hydrogen) atoms. The Morgan fingerprint density at radius 1 is 1.00 bits per heavy atom. The summed E-state index contributed by atoms with van der Waals surface area (Å²) in [4.78, 5) is 12.7. The number of aliphatic carboxylic acids is 1. The van der Waals surface area contributed by atoms with E-state index in [-0.39, 0.29) is 6.54 Å². The van der Waals surface area contributed by atoms with Gasteiger partial charge in [-0.2, -0.15) is 0 Å². The van der Waals surface area contributed by atoms with Crippen LogP contribution in [-0.2, 0) is 26.1 Å². The molecule has 1 aliphatic heterocycles. The number of aryl methyl sites for hydroxylation is 1.